The summed E-state index contributed by atoms with van der Waals surface area (Å²) in [4.78, 5) is 10.9. The molecule has 0 aliphatic rings. The molecule has 2 N–H and O–H groups in total. The third-order valence-corrected chi connectivity index (χ3v) is 3.15. The zero-order valence-corrected chi connectivity index (χ0v) is 11.4. The van der Waals surface area contributed by atoms with E-state index in [0.717, 1.165) is 11.3 Å². The number of benzene rings is 2. The molecular formula is C15H11ClN2O2. The molecule has 2 aromatic rings. The number of aryl methyl sites for hydroxylation is 1. The molecule has 0 heterocycles. The van der Waals surface area contributed by atoms with Crippen molar-refractivity contribution in [2.45, 2.75) is 6.92 Å². The molecule has 0 saturated carbocycles. The van der Waals surface area contributed by atoms with Gasteiger partial charge in [0.2, 0.25) is 0 Å². The summed E-state index contributed by atoms with van der Waals surface area (Å²) in [5.74, 6) is -0.962. The van der Waals surface area contributed by atoms with Crippen molar-refractivity contribution in [2.24, 2.45) is 0 Å². The second kappa shape index (κ2) is 5.64. The third-order valence-electron chi connectivity index (χ3n) is 2.84. The molecule has 0 atom stereocenters. The van der Waals surface area contributed by atoms with Gasteiger partial charge in [0.25, 0.3) is 0 Å². The fourth-order valence-electron chi connectivity index (χ4n) is 1.77. The molecular weight excluding hydrogens is 276 g/mol. The molecule has 4 nitrogen and oxygen atoms in total. The van der Waals surface area contributed by atoms with Crippen molar-refractivity contribution in [2.75, 3.05) is 5.32 Å². The van der Waals surface area contributed by atoms with Crippen molar-refractivity contribution in [1.82, 2.24) is 0 Å². The average Bonchev–Trinajstić information content (AvgIpc) is 2.42. The van der Waals surface area contributed by atoms with E-state index in [9.17, 15) is 4.79 Å². The van der Waals surface area contributed by atoms with Gasteiger partial charge in [-0.15, -0.1) is 0 Å². The van der Waals surface area contributed by atoms with Crippen molar-refractivity contribution < 1.29 is 9.90 Å². The summed E-state index contributed by atoms with van der Waals surface area (Å²) in [6, 6.07) is 11.8. The average molecular weight is 287 g/mol. The SMILES string of the molecule is Cc1cc(C(=O)O)ccc1Nc1ccc(C#N)cc1Cl. The number of nitriles is 1. The standard InChI is InChI=1S/C15H11ClN2O2/c1-9-6-11(15(19)20)3-5-13(9)18-14-4-2-10(8-17)7-12(14)16/h2-7,18H,1H3,(H,19,20). The molecule has 0 aliphatic heterocycles. The van der Waals surface area contributed by atoms with Crippen molar-refractivity contribution in [3.8, 4) is 6.07 Å². The Balaban J connectivity index is 2.31. The summed E-state index contributed by atoms with van der Waals surface area (Å²) in [7, 11) is 0. The van der Waals surface area contributed by atoms with Crippen LogP contribution in [0, 0.1) is 18.3 Å². The molecule has 2 aromatic carbocycles. The van der Waals surface area contributed by atoms with Gasteiger partial charge < -0.3 is 10.4 Å². The molecule has 0 aromatic heterocycles. The summed E-state index contributed by atoms with van der Waals surface area (Å²) in [6.45, 7) is 1.81. The van der Waals surface area contributed by atoms with Gasteiger partial charge in [-0.1, -0.05) is 11.6 Å². The van der Waals surface area contributed by atoms with Crippen LogP contribution in [-0.2, 0) is 0 Å². The van der Waals surface area contributed by atoms with Crippen LogP contribution in [0.4, 0.5) is 11.4 Å². The molecule has 0 spiro atoms. The van der Waals surface area contributed by atoms with Gasteiger partial charge >= 0.3 is 5.97 Å². The maximum absolute atomic E-state index is 10.9. The van der Waals surface area contributed by atoms with Crippen LogP contribution < -0.4 is 5.32 Å². The van der Waals surface area contributed by atoms with Crippen LogP contribution >= 0.6 is 11.6 Å². The van der Waals surface area contributed by atoms with E-state index in [1.54, 1.807) is 30.3 Å². The Labute approximate surface area is 121 Å². The Morgan fingerprint density at radius 1 is 1.25 bits per heavy atom. The monoisotopic (exact) mass is 286 g/mol. The number of hydrogen-bond acceptors (Lipinski definition) is 3. The number of hydrogen-bond donors (Lipinski definition) is 2. The van der Waals surface area contributed by atoms with E-state index in [2.05, 4.69) is 5.32 Å². The van der Waals surface area contributed by atoms with E-state index in [0.29, 0.717) is 16.3 Å². The Hall–Kier alpha value is -2.51. The zero-order chi connectivity index (χ0) is 14.7. The Kier molecular flexibility index (Phi) is 3.92. The number of nitrogens with zero attached hydrogens (tertiary/aromatic N) is 1. The minimum absolute atomic E-state index is 0.235. The van der Waals surface area contributed by atoms with E-state index >= 15 is 0 Å². The first kappa shape index (κ1) is 13.9. The van der Waals surface area contributed by atoms with Crippen molar-refractivity contribution in [3.05, 3.63) is 58.1 Å². The van der Waals surface area contributed by atoms with Crippen LogP contribution in [0.25, 0.3) is 0 Å². The number of carboxylic acids is 1. The zero-order valence-electron chi connectivity index (χ0n) is 10.6. The molecule has 0 radical (unpaired) electrons. The minimum atomic E-state index is -0.962. The molecule has 0 saturated heterocycles. The highest BCUT2D eigenvalue weighted by Gasteiger charge is 2.07. The maximum atomic E-state index is 10.9. The van der Waals surface area contributed by atoms with Crippen LogP contribution in [0.15, 0.2) is 36.4 Å². The fraction of sp³-hybridized carbons (Fsp3) is 0.0667. The highest BCUT2D eigenvalue weighted by Crippen LogP contribution is 2.28. The van der Waals surface area contributed by atoms with Gasteiger partial charge in [-0.25, -0.2) is 4.79 Å². The summed E-state index contributed by atoms with van der Waals surface area (Å²) < 4.78 is 0. The van der Waals surface area contributed by atoms with Crippen molar-refractivity contribution in [1.29, 1.82) is 5.26 Å². The number of carboxylic acid groups (broad SMARTS) is 1. The highest BCUT2D eigenvalue weighted by atomic mass is 35.5. The normalized spacial score (nSPS) is 9.85. The maximum Gasteiger partial charge on any atom is 0.335 e. The number of carbonyl (C=O) groups is 1. The predicted molar refractivity (Wildman–Crippen MR) is 77.6 cm³/mol. The molecule has 0 fully saturated rings. The summed E-state index contributed by atoms with van der Waals surface area (Å²) in [6.07, 6.45) is 0. The second-order valence-electron chi connectivity index (χ2n) is 4.27. The van der Waals surface area contributed by atoms with Crippen LogP contribution in [0.1, 0.15) is 21.5 Å². The highest BCUT2D eigenvalue weighted by molar-refractivity contribution is 6.33. The molecule has 0 unspecified atom stereocenters. The summed E-state index contributed by atoms with van der Waals surface area (Å²) >= 11 is 6.08. The van der Waals surface area contributed by atoms with E-state index in [-0.39, 0.29) is 5.56 Å². The lowest BCUT2D eigenvalue weighted by Crippen LogP contribution is -1.99. The third kappa shape index (κ3) is 2.90. The number of aromatic carboxylic acids is 1. The first-order chi connectivity index (χ1) is 9.51. The Morgan fingerprint density at radius 2 is 1.95 bits per heavy atom. The van der Waals surface area contributed by atoms with E-state index in [1.807, 2.05) is 13.0 Å². The molecule has 20 heavy (non-hydrogen) atoms. The van der Waals surface area contributed by atoms with E-state index in [4.69, 9.17) is 22.0 Å². The second-order valence-corrected chi connectivity index (χ2v) is 4.67. The van der Waals surface area contributed by atoms with E-state index in [1.165, 1.54) is 6.07 Å². The summed E-state index contributed by atoms with van der Waals surface area (Å²) in [5, 5.41) is 21.3. The van der Waals surface area contributed by atoms with Gasteiger partial charge in [-0.3, -0.25) is 0 Å². The smallest absolute Gasteiger partial charge is 0.335 e. The largest absolute Gasteiger partial charge is 0.478 e. The van der Waals surface area contributed by atoms with Crippen LogP contribution in [0.5, 0.6) is 0 Å². The molecule has 100 valence electrons. The lowest BCUT2D eigenvalue weighted by molar-refractivity contribution is 0.0697. The minimum Gasteiger partial charge on any atom is -0.478 e. The van der Waals surface area contributed by atoms with Gasteiger partial charge in [-0.05, 0) is 48.9 Å². The molecule has 5 heteroatoms. The Morgan fingerprint density at radius 3 is 2.50 bits per heavy atom. The lowest BCUT2D eigenvalue weighted by Gasteiger charge is -2.11. The van der Waals surface area contributed by atoms with Crippen LogP contribution in [-0.4, -0.2) is 11.1 Å². The number of halogens is 1. The Bertz CT molecular complexity index is 720. The van der Waals surface area contributed by atoms with Crippen LogP contribution in [0.3, 0.4) is 0 Å². The van der Waals surface area contributed by atoms with Gasteiger partial charge in [0.15, 0.2) is 0 Å². The quantitative estimate of drug-likeness (QED) is 0.895. The summed E-state index contributed by atoms with van der Waals surface area (Å²) in [5.41, 5.74) is 2.95. The van der Waals surface area contributed by atoms with Gasteiger partial charge in [0.1, 0.15) is 0 Å². The molecule has 2 rings (SSSR count). The van der Waals surface area contributed by atoms with Crippen molar-refractivity contribution in [3.63, 3.8) is 0 Å². The van der Waals surface area contributed by atoms with Crippen LogP contribution in [0.2, 0.25) is 5.02 Å². The number of anilines is 2. The first-order valence-electron chi connectivity index (χ1n) is 5.82. The molecule has 0 bridgehead atoms. The van der Waals surface area contributed by atoms with Crippen molar-refractivity contribution >= 4 is 28.9 Å². The molecule has 0 aliphatic carbocycles. The van der Waals surface area contributed by atoms with Gasteiger partial charge in [0.05, 0.1) is 27.9 Å². The van der Waals surface area contributed by atoms with Gasteiger partial charge in [-0.2, -0.15) is 5.26 Å². The first-order valence-corrected chi connectivity index (χ1v) is 6.19. The topological polar surface area (TPSA) is 73.1 Å². The number of rotatable bonds is 3. The fourth-order valence-corrected chi connectivity index (χ4v) is 2.00. The van der Waals surface area contributed by atoms with E-state index < -0.39 is 5.97 Å². The van der Waals surface area contributed by atoms with Gasteiger partial charge in [0, 0.05) is 5.69 Å². The lowest BCUT2D eigenvalue weighted by atomic mass is 10.1. The molecule has 0 amide bonds. The number of nitrogens with one attached hydrogen (secondary N) is 1. The predicted octanol–water partition coefficient (Wildman–Crippen LogP) is 3.96.